The summed E-state index contributed by atoms with van der Waals surface area (Å²) in [7, 11) is 4.65. The Morgan fingerprint density at radius 3 is 2.36 bits per heavy atom. The number of fused-ring (bicyclic) bond motifs is 1. The third kappa shape index (κ3) is 3.10. The Hall–Kier alpha value is -2.80. The van der Waals surface area contributed by atoms with E-state index in [1.165, 1.54) is 18.7 Å². The van der Waals surface area contributed by atoms with Gasteiger partial charge in [-0.15, -0.1) is 0 Å². The van der Waals surface area contributed by atoms with Gasteiger partial charge in [-0.3, -0.25) is 10.1 Å². The second kappa shape index (κ2) is 6.98. The molecule has 1 aliphatic rings. The molecule has 1 atom stereocenters. The number of nitro groups is 1. The third-order valence-electron chi connectivity index (χ3n) is 4.43. The summed E-state index contributed by atoms with van der Waals surface area (Å²) in [4.78, 5) is 10.7. The molecule has 1 N–H and O–H groups in total. The molecule has 2 aromatic rings. The molecule has 1 aliphatic heterocycles. The van der Waals surface area contributed by atoms with Gasteiger partial charge in [0.2, 0.25) is 0 Å². The molecule has 0 saturated carbocycles. The zero-order chi connectivity index (χ0) is 18.0. The minimum Gasteiger partial charge on any atom is -0.493 e. The summed E-state index contributed by atoms with van der Waals surface area (Å²) < 4.78 is 16.0. The number of hydrogen-bond acceptors (Lipinski definition) is 6. The summed E-state index contributed by atoms with van der Waals surface area (Å²) in [6, 6.07) is 8.79. The van der Waals surface area contributed by atoms with Gasteiger partial charge in [0.05, 0.1) is 32.3 Å². The van der Waals surface area contributed by atoms with Gasteiger partial charge < -0.3 is 19.5 Å². The molecule has 7 nitrogen and oxygen atoms in total. The van der Waals surface area contributed by atoms with Crippen LogP contribution in [0.2, 0.25) is 0 Å². The molecule has 7 heteroatoms. The van der Waals surface area contributed by atoms with E-state index in [1.54, 1.807) is 26.4 Å². The molecule has 1 unspecified atom stereocenters. The highest BCUT2D eigenvalue weighted by Gasteiger charge is 2.26. The monoisotopic (exact) mass is 344 g/mol. The highest BCUT2D eigenvalue weighted by atomic mass is 16.6. The molecule has 132 valence electrons. The molecule has 0 radical (unpaired) electrons. The van der Waals surface area contributed by atoms with Gasteiger partial charge in [0.15, 0.2) is 17.2 Å². The second-order valence-corrected chi connectivity index (χ2v) is 5.73. The first-order chi connectivity index (χ1) is 12.1. The molecular weight excluding hydrogens is 324 g/mol. The lowest BCUT2D eigenvalue weighted by Gasteiger charge is -2.28. The number of hydrogen-bond donors (Lipinski definition) is 1. The van der Waals surface area contributed by atoms with Crippen LogP contribution in [0.4, 0.5) is 5.69 Å². The van der Waals surface area contributed by atoms with Gasteiger partial charge in [-0.05, 0) is 47.4 Å². The lowest BCUT2D eigenvalue weighted by atomic mass is 9.89. The van der Waals surface area contributed by atoms with Crippen LogP contribution in [-0.4, -0.2) is 32.8 Å². The van der Waals surface area contributed by atoms with E-state index in [4.69, 9.17) is 14.2 Å². The van der Waals surface area contributed by atoms with E-state index in [2.05, 4.69) is 5.32 Å². The first-order valence-corrected chi connectivity index (χ1v) is 7.89. The van der Waals surface area contributed by atoms with Gasteiger partial charge in [0.1, 0.15) is 0 Å². The number of nitrogens with one attached hydrogen (secondary N) is 1. The zero-order valence-corrected chi connectivity index (χ0v) is 14.4. The molecule has 0 aliphatic carbocycles. The van der Waals surface area contributed by atoms with Crippen molar-refractivity contribution in [1.29, 1.82) is 0 Å². The van der Waals surface area contributed by atoms with Crippen molar-refractivity contribution in [3.63, 3.8) is 0 Å². The molecule has 0 aromatic heterocycles. The largest absolute Gasteiger partial charge is 0.493 e. The van der Waals surface area contributed by atoms with E-state index >= 15 is 0 Å². The zero-order valence-electron chi connectivity index (χ0n) is 14.4. The standard InChI is InChI=1S/C18H20N2O5/c1-23-15-9-12(4-5-14(15)20(21)22)18-13-10-17(25-3)16(24-2)8-11(13)6-7-19-18/h4-5,8-10,18-19H,6-7H2,1-3H3. The van der Waals surface area contributed by atoms with Crippen LogP contribution in [0.3, 0.4) is 0 Å². The molecule has 0 amide bonds. The highest BCUT2D eigenvalue weighted by Crippen LogP contribution is 2.39. The van der Waals surface area contributed by atoms with Crippen molar-refractivity contribution in [1.82, 2.24) is 5.32 Å². The maximum atomic E-state index is 11.1. The average Bonchev–Trinajstić information content (AvgIpc) is 2.65. The Morgan fingerprint density at radius 2 is 1.72 bits per heavy atom. The first-order valence-electron chi connectivity index (χ1n) is 7.89. The molecule has 0 spiro atoms. The van der Waals surface area contributed by atoms with Crippen LogP contribution in [0.5, 0.6) is 17.2 Å². The van der Waals surface area contributed by atoms with Crippen LogP contribution >= 0.6 is 0 Å². The highest BCUT2D eigenvalue weighted by molar-refractivity contribution is 5.54. The number of nitrogens with zero attached hydrogens (tertiary/aromatic N) is 1. The van der Waals surface area contributed by atoms with Crippen molar-refractivity contribution in [2.75, 3.05) is 27.9 Å². The summed E-state index contributed by atoms with van der Waals surface area (Å²) in [5.74, 6) is 1.60. The second-order valence-electron chi connectivity index (χ2n) is 5.73. The van der Waals surface area contributed by atoms with E-state index in [9.17, 15) is 10.1 Å². The molecule has 0 bridgehead atoms. The number of benzene rings is 2. The molecule has 3 rings (SSSR count). The lowest BCUT2D eigenvalue weighted by molar-refractivity contribution is -0.385. The fraction of sp³-hybridized carbons (Fsp3) is 0.333. The fourth-order valence-corrected chi connectivity index (χ4v) is 3.21. The van der Waals surface area contributed by atoms with Gasteiger partial charge in [0.25, 0.3) is 0 Å². The van der Waals surface area contributed by atoms with E-state index in [-0.39, 0.29) is 17.5 Å². The van der Waals surface area contributed by atoms with E-state index in [0.717, 1.165) is 24.1 Å². The Kier molecular flexibility index (Phi) is 4.76. The molecule has 0 saturated heterocycles. The topological polar surface area (TPSA) is 82.9 Å². The first kappa shape index (κ1) is 17.0. The van der Waals surface area contributed by atoms with Crippen LogP contribution in [0.15, 0.2) is 30.3 Å². The molecular formula is C18H20N2O5. The van der Waals surface area contributed by atoms with E-state index < -0.39 is 4.92 Å². The Balaban J connectivity index is 2.07. The number of rotatable bonds is 5. The van der Waals surface area contributed by atoms with E-state index in [0.29, 0.717) is 11.5 Å². The summed E-state index contributed by atoms with van der Waals surface area (Å²) in [6.45, 7) is 0.798. The summed E-state index contributed by atoms with van der Waals surface area (Å²) in [5.41, 5.74) is 3.09. The van der Waals surface area contributed by atoms with Crippen LogP contribution in [0.25, 0.3) is 0 Å². The van der Waals surface area contributed by atoms with Crippen LogP contribution in [0, 0.1) is 10.1 Å². The van der Waals surface area contributed by atoms with Crippen molar-refractivity contribution in [3.8, 4) is 17.2 Å². The molecule has 0 fully saturated rings. The summed E-state index contributed by atoms with van der Waals surface area (Å²) >= 11 is 0. The summed E-state index contributed by atoms with van der Waals surface area (Å²) in [5, 5.41) is 14.6. The van der Waals surface area contributed by atoms with Gasteiger partial charge in [-0.1, -0.05) is 0 Å². The van der Waals surface area contributed by atoms with Crippen molar-refractivity contribution in [2.24, 2.45) is 0 Å². The minimum atomic E-state index is -0.446. The van der Waals surface area contributed by atoms with Crippen molar-refractivity contribution in [2.45, 2.75) is 12.5 Å². The van der Waals surface area contributed by atoms with Crippen LogP contribution in [0.1, 0.15) is 22.7 Å². The van der Waals surface area contributed by atoms with E-state index in [1.807, 2.05) is 12.1 Å². The van der Waals surface area contributed by atoms with Gasteiger partial charge >= 0.3 is 5.69 Å². The summed E-state index contributed by atoms with van der Waals surface area (Å²) in [6.07, 6.45) is 0.871. The number of ether oxygens (including phenoxy) is 3. The maximum Gasteiger partial charge on any atom is 0.310 e. The lowest BCUT2D eigenvalue weighted by Crippen LogP contribution is -2.30. The van der Waals surface area contributed by atoms with Gasteiger partial charge in [0, 0.05) is 12.6 Å². The molecule has 1 heterocycles. The average molecular weight is 344 g/mol. The smallest absolute Gasteiger partial charge is 0.310 e. The van der Waals surface area contributed by atoms with Crippen molar-refractivity contribution < 1.29 is 19.1 Å². The van der Waals surface area contributed by atoms with Crippen LogP contribution in [-0.2, 0) is 6.42 Å². The Labute approximate surface area is 145 Å². The van der Waals surface area contributed by atoms with Crippen molar-refractivity contribution >= 4 is 5.69 Å². The fourth-order valence-electron chi connectivity index (χ4n) is 3.21. The predicted molar refractivity (Wildman–Crippen MR) is 92.7 cm³/mol. The van der Waals surface area contributed by atoms with Crippen LogP contribution < -0.4 is 19.5 Å². The Bertz CT molecular complexity index is 806. The van der Waals surface area contributed by atoms with Gasteiger partial charge in [-0.2, -0.15) is 0 Å². The maximum absolute atomic E-state index is 11.1. The normalized spacial score (nSPS) is 16.0. The van der Waals surface area contributed by atoms with Crippen molar-refractivity contribution in [3.05, 3.63) is 57.1 Å². The quantitative estimate of drug-likeness (QED) is 0.663. The predicted octanol–water partition coefficient (Wildman–Crippen LogP) is 2.86. The Morgan fingerprint density at radius 1 is 1.04 bits per heavy atom. The third-order valence-corrected chi connectivity index (χ3v) is 4.43. The molecule has 2 aromatic carbocycles. The number of nitro benzene ring substituents is 1. The van der Waals surface area contributed by atoms with Gasteiger partial charge in [-0.25, -0.2) is 0 Å². The number of methoxy groups -OCH3 is 3. The molecule has 25 heavy (non-hydrogen) atoms. The minimum absolute atomic E-state index is 0.0467. The SMILES string of the molecule is COc1cc2c(cc1OC)C(c1ccc([N+](=O)[O-])c(OC)c1)NCC2.